The summed E-state index contributed by atoms with van der Waals surface area (Å²) in [5.41, 5.74) is 1.10. The van der Waals surface area contributed by atoms with Crippen LogP contribution in [0.5, 0.6) is 5.75 Å². The average molecular weight is 314 g/mol. The molecule has 0 saturated carbocycles. The summed E-state index contributed by atoms with van der Waals surface area (Å²) in [6.07, 6.45) is -0.0855. The number of rotatable bonds is 5. The molecule has 120 valence electrons. The maximum atomic E-state index is 12.5. The zero-order valence-electron chi connectivity index (χ0n) is 13.2. The molecule has 2 rings (SSSR count). The number of hydrogen-bond donors (Lipinski definition) is 1. The van der Waals surface area contributed by atoms with Crippen LogP contribution in [-0.4, -0.2) is 16.9 Å². The highest BCUT2D eigenvalue weighted by atomic mass is 16.6. The van der Waals surface area contributed by atoms with Crippen LogP contribution >= 0.6 is 0 Å². The molecular weight excluding hydrogens is 296 g/mol. The van der Waals surface area contributed by atoms with Crippen molar-refractivity contribution in [3.05, 3.63) is 63.7 Å². The summed E-state index contributed by atoms with van der Waals surface area (Å²) in [6.45, 7) is 5.48. The summed E-state index contributed by atoms with van der Waals surface area (Å²) < 4.78 is 5.61. The molecule has 1 N–H and O–H groups in total. The maximum Gasteiger partial charge on any atom is 0.293 e. The summed E-state index contributed by atoms with van der Waals surface area (Å²) in [5.74, 6) is -0.0111. The van der Waals surface area contributed by atoms with Gasteiger partial charge in [-0.2, -0.15) is 0 Å². The Kier molecular flexibility index (Phi) is 4.95. The molecule has 0 spiro atoms. The third-order valence-electron chi connectivity index (χ3n) is 3.09. The first kappa shape index (κ1) is 16.5. The molecule has 2 aromatic carbocycles. The van der Waals surface area contributed by atoms with Crippen molar-refractivity contribution in [3.8, 4) is 5.75 Å². The number of nitro groups is 1. The van der Waals surface area contributed by atoms with Gasteiger partial charge in [0, 0.05) is 6.07 Å². The molecule has 0 aliphatic rings. The second-order valence-corrected chi connectivity index (χ2v) is 5.39. The number of nitro benzene ring substituents is 1. The number of ether oxygens (including phenoxy) is 1. The van der Waals surface area contributed by atoms with Crippen molar-refractivity contribution in [1.29, 1.82) is 0 Å². The first-order valence-corrected chi connectivity index (χ1v) is 7.20. The Balaban J connectivity index is 2.32. The Morgan fingerprint density at radius 3 is 2.57 bits per heavy atom. The SMILES string of the molecule is Cc1ccc(NC(=O)c2ccccc2OC(C)C)c([N+](=O)[O-])c1. The Morgan fingerprint density at radius 2 is 1.91 bits per heavy atom. The molecule has 23 heavy (non-hydrogen) atoms. The van der Waals surface area contributed by atoms with E-state index in [1.165, 1.54) is 12.1 Å². The lowest BCUT2D eigenvalue weighted by molar-refractivity contribution is -0.384. The van der Waals surface area contributed by atoms with Crippen molar-refractivity contribution >= 4 is 17.3 Å². The number of amides is 1. The van der Waals surface area contributed by atoms with Crippen molar-refractivity contribution in [2.24, 2.45) is 0 Å². The highest BCUT2D eigenvalue weighted by molar-refractivity contribution is 6.07. The molecule has 0 aliphatic heterocycles. The van der Waals surface area contributed by atoms with Crippen LogP contribution in [-0.2, 0) is 0 Å². The van der Waals surface area contributed by atoms with Gasteiger partial charge in [0.15, 0.2) is 0 Å². The van der Waals surface area contributed by atoms with Gasteiger partial charge in [0.05, 0.1) is 16.6 Å². The highest BCUT2D eigenvalue weighted by Gasteiger charge is 2.19. The predicted molar refractivity (Wildman–Crippen MR) is 88.0 cm³/mol. The van der Waals surface area contributed by atoms with E-state index in [4.69, 9.17) is 4.74 Å². The van der Waals surface area contributed by atoms with Crippen LogP contribution in [0.25, 0.3) is 0 Å². The first-order chi connectivity index (χ1) is 10.9. The number of nitrogens with zero attached hydrogens (tertiary/aromatic N) is 1. The predicted octanol–water partition coefficient (Wildman–Crippen LogP) is 3.94. The molecular formula is C17H18N2O4. The van der Waals surface area contributed by atoms with Crippen molar-refractivity contribution in [2.75, 3.05) is 5.32 Å². The molecule has 0 aliphatic carbocycles. The molecule has 1 amide bonds. The van der Waals surface area contributed by atoms with E-state index in [2.05, 4.69) is 5.32 Å². The Labute approximate surface area is 134 Å². The monoisotopic (exact) mass is 314 g/mol. The van der Waals surface area contributed by atoms with Gasteiger partial charge in [-0.05, 0) is 44.5 Å². The van der Waals surface area contributed by atoms with Gasteiger partial charge in [0.25, 0.3) is 11.6 Å². The van der Waals surface area contributed by atoms with E-state index in [0.29, 0.717) is 11.3 Å². The van der Waals surface area contributed by atoms with E-state index in [9.17, 15) is 14.9 Å². The number of hydrogen-bond acceptors (Lipinski definition) is 4. The Morgan fingerprint density at radius 1 is 1.22 bits per heavy atom. The van der Waals surface area contributed by atoms with Gasteiger partial charge in [-0.3, -0.25) is 14.9 Å². The van der Waals surface area contributed by atoms with Crippen LogP contribution in [0.1, 0.15) is 29.8 Å². The van der Waals surface area contributed by atoms with Crippen molar-refractivity contribution in [3.63, 3.8) is 0 Å². The fraction of sp³-hybridized carbons (Fsp3) is 0.235. The lowest BCUT2D eigenvalue weighted by Crippen LogP contribution is -2.16. The topological polar surface area (TPSA) is 81.5 Å². The quantitative estimate of drug-likeness (QED) is 0.669. The lowest BCUT2D eigenvalue weighted by Gasteiger charge is -2.14. The second kappa shape index (κ2) is 6.91. The van der Waals surface area contributed by atoms with Gasteiger partial charge in [-0.15, -0.1) is 0 Å². The smallest absolute Gasteiger partial charge is 0.293 e. The van der Waals surface area contributed by atoms with Crippen molar-refractivity contribution in [2.45, 2.75) is 26.9 Å². The van der Waals surface area contributed by atoms with E-state index in [0.717, 1.165) is 5.56 Å². The van der Waals surface area contributed by atoms with E-state index in [1.54, 1.807) is 37.3 Å². The van der Waals surface area contributed by atoms with Crippen molar-refractivity contribution in [1.82, 2.24) is 0 Å². The lowest BCUT2D eigenvalue weighted by atomic mass is 10.1. The molecule has 6 nitrogen and oxygen atoms in total. The first-order valence-electron chi connectivity index (χ1n) is 7.20. The average Bonchev–Trinajstić information content (AvgIpc) is 2.48. The molecule has 6 heteroatoms. The van der Waals surface area contributed by atoms with Crippen LogP contribution < -0.4 is 10.1 Å². The standard InChI is InChI=1S/C17H18N2O4/c1-11(2)23-16-7-5-4-6-13(16)17(20)18-14-9-8-12(3)10-15(14)19(21)22/h4-11H,1-3H3,(H,18,20). The fourth-order valence-electron chi connectivity index (χ4n) is 2.10. The summed E-state index contributed by atoms with van der Waals surface area (Å²) in [7, 11) is 0. The number of aryl methyl sites for hydroxylation is 1. The number of carbonyl (C=O) groups excluding carboxylic acids is 1. The maximum absolute atomic E-state index is 12.5. The minimum atomic E-state index is -0.515. The fourth-order valence-corrected chi connectivity index (χ4v) is 2.10. The Bertz CT molecular complexity index is 741. The molecule has 0 atom stereocenters. The molecule has 0 aromatic heterocycles. The molecule has 0 radical (unpaired) electrons. The number of para-hydroxylation sites is 1. The van der Waals surface area contributed by atoms with Crippen molar-refractivity contribution < 1.29 is 14.5 Å². The number of nitrogens with one attached hydrogen (secondary N) is 1. The molecule has 0 unspecified atom stereocenters. The summed E-state index contributed by atoms with van der Waals surface area (Å²) in [6, 6.07) is 11.4. The highest BCUT2D eigenvalue weighted by Crippen LogP contribution is 2.27. The zero-order chi connectivity index (χ0) is 17.0. The molecule has 2 aromatic rings. The van der Waals surface area contributed by atoms with Gasteiger partial charge < -0.3 is 10.1 Å². The van der Waals surface area contributed by atoms with Gasteiger partial charge >= 0.3 is 0 Å². The third kappa shape index (κ3) is 4.06. The van der Waals surface area contributed by atoms with E-state index in [-0.39, 0.29) is 17.5 Å². The minimum absolute atomic E-state index is 0.0855. The van der Waals surface area contributed by atoms with Gasteiger partial charge in [0.1, 0.15) is 11.4 Å². The molecule has 0 saturated heterocycles. The van der Waals surface area contributed by atoms with Crippen LogP contribution in [0, 0.1) is 17.0 Å². The van der Waals surface area contributed by atoms with E-state index in [1.807, 2.05) is 13.8 Å². The largest absolute Gasteiger partial charge is 0.490 e. The molecule has 0 bridgehead atoms. The van der Waals surface area contributed by atoms with Crippen LogP contribution in [0.15, 0.2) is 42.5 Å². The van der Waals surface area contributed by atoms with E-state index >= 15 is 0 Å². The second-order valence-electron chi connectivity index (χ2n) is 5.39. The molecule has 0 fully saturated rings. The number of carbonyl (C=O) groups is 1. The summed E-state index contributed by atoms with van der Waals surface area (Å²) in [5, 5.41) is 13.7. The van der Waals surface area contributed by atoms with Gasteiger partial charge in [-0.1, -0.05) is 18.2 Å². The van der Waals surface area contributed by atoms with Crippen LogP contribution in [0.4, 0.5) is 11.4 Å². The normalized spacial score (nSPS) is 10.4. The van der Waals surface area contributed by atoms with Crippen LogP contribution in [0.2, 0.25) is 0 Å². The molecule has 0 heterocycles. The minimum Gasteiger partial charge on any atom is -0.490 e. The third-order valence-corrected chi connectivity index (χ3v) is 3.09. The van der Waals surface area contributed by atoms with E-state index < -0.39 is 10.8 Å². The number of anilines is 1. The summed E-state index contributed by atoms with van der Waals surface area (Å²) >= 11 is 0. The Hall–Kier alpha value is -2.89. The number of benzene rings is 2. The van der Waals surface area contributed by atoms with Crippen LogP contribution in [0.3, 0.4) is 0 Å². The summed E-state index contributed by atoms with van der Waals surface area (Å²) in [4.78, 5) is 23.1. The van der Waals surface area contributed by atoms with Gasteiger partial charge in [-0.25, -0.2) is 0 Å². The van der Waals surface area contributed by atoms with Gasteiger partial charge in [0.2, 0.25) is 0 Å². The zero-order valence-corrected chi connectivity index (χ0v) is 13.2.